The normalized spacial score (nSPS) is 12.1. The fourth-order valence-corrected chi connectivity index (χ4v) is 6.25. The molecule has 0 heterocycles. The van der Waals surface area contributed by atoms with Crippen molar-refractivity contribution in [1.29, 1.82) is 0 Å². The van der Waals surface area contributed by atoms with Crippen molar-refractivity contribution in [2.24, 2.45) is 5.92 Å². The second kappa shape index (κ2) is 19.3. The van der Waals surface area contributed by atoms with Crippen LogP contribution in [-0.4, -0.2) is 24.1 Å². The highest BCUT2D eigenvalue weighted by Crippen LogP contribution is 2.26. The first kappa shape index (κ1) is 32.2. The van der Waals surface area contributed by atoms with Crippen molar-refractivity contribution in [3.63, 3.8) is 0 Å². The standard InChI is InChI=1S/C34H64N/c1-8-10-12-14-16-18-20-22-24-35(28-30(3)4,25-23-21-19-17-15-13-11-9-2)29-34-32(6)26-31(5)27-33(34)7/h26-27,30H,8-25,28-29H2,1-7H3/q+1. The van der Waals surface area contributed by atoms with Gasteiger partial charge in [-0.05, 0) is 57.6 Å². The Morgan fingerprint density at radius 1 is 0.571 bits per heavy atom. The lowest BCUT2D eigenvalue weighted by Gasteiger charge is -2.41. The zero-order chi connectivity index (χ0) is 25.9. The minimum Gasteiger partial charge on any atom is -0.320 e. The molecule has 0 saturated carbocycles. The molecule has 35 heavy (non-hydrogen) atoms. The van der Waals surface area contributed by atoms with Gasteiger partial charge in [-0.2, -0.15) is 0 Å². The number of benzene rings is 1. The highest BCUT2D eigenvalue weighted by molar-refractivity contribution is 5.36. The SMILES string of the molecule is CCCCCCCCCC[N+](CCCCCCCCCC)(Cc1c(C)cc(C)cc1C)CC(C)C. The van der Waals surface area contributed by atoms with Crippen LogP contribution < -0.4 is 0 Å². The van der Waals surface area contributed by atoms with Gasteiger partial charge in [0.2, 0.25) is 0 Å². The summed E-state index contributed by atoms with van der Waals surface area (Å²) in [6.07, 6.45) is 22.7. The molecule has 0 atom stereocenters. The Morgan fingerprint density at radius 2 is 0.943 bits per heavy atom. The molecule has 1 aromatic carbocycles. The number of nitrogens with zero attached hydrogens (tertiary/aromatic N) is 1. The van der Waals surface area contributed by atoms with E-state index >= 15 is 0 Å². The summed E-state index contributed by atoms with van der Waals surface area (Å²) in [4.78, 5) is 0. The van der Waals surface area contributed by atoms with Gasteiger partial charge in [0, 0.05) is 11.5 Å². The molecule has 0 aromatic heterocycles. The molecule has 204 valence electrons. The van der Waals surface area contributed by atoms with E-state index in [0.717, 1.165) is 5.92 Å². The lowest BCUT2D eigenvalue weighted by atomic mass is 9.96. The van der Waals surface area contributed by atoms with E-state index in [1.807, 2.05) is 0 Å². The molecule has 0 fully saturated rings. The van der Waals surface area contributed by atoms with Crippen LogP contribution in [0.4, 0.5) is 0 Å². The fraction of sp³-hybridized carbons (Fsp3) is 0.824. The number of hydrogen-bond acceptors (Lipinski definition) is 0. The molecule has 1 rings (SSSR count). The van der Waals surface area contributed by atoms with Gasteiger partial charge in [-0.1, -0.05) is 122 Å². The summed E-state index contributed by atoms with van der Waals surface area (Å²) in [5, 5.41) is 0. The maximum Gasteiger partial charge on any atom is 0.105 e. The van der Waals surface area contributed by atoms with Crippen LogP contribution >= 0.6 is 0 Å². The van der Waals surface area contributed by atoms with Crippen molar-refractivity contribution in [1.82, 2.24) is 0 Å². The van der Waals surface area contributed by atoms with Gasteiger partial charge in [0.25, 0.3) is 0 Å². The third kappa shape index (κ3) is 14.5. The van der Waals surface area contributed by atoms with Gasteiger partial charge < -0.3 is 4.48 Å². The average Bonchev–Trinajstić information content (AvgIpc) is 2.79. The molecule has 1 nitrogen and oxygen atoms in total. The molecule has 1 heteroatoms. The number of aryl methyl sites for hydroxylation is 3. The summed E-state index contributed by atoms with van der Waals surface area (Å²) >= 11 is 0. The zero-order valence-corrected chi connectivity index (χ0v) is 25.3. The number of quaternary nitrogens is 1. The van der Waals surface area contributed by atoms with Crippen molar-refractivity contribution in [3.05, 3.63) is 34.4 Å². The smallest absolute Gasteiger partial charge is 0.105 e. The quantitative estimate of drug-likeness (QED) is 0.113. The van der Waals surface area contributed by atoms with Gasteiger partial charge in [0.05, 0.1) is 19.6 Å². The second-order valence-electron chi connectivity index (χ2n) is 12.4. The summed E-state index contributed by atoms with van der Waals surface area (Å²) in [6.45, 7) is 21.8. The lowest BCUT2D eigenvalue weighted by molar-refractivity contribution is -0.944. The molecule has 0 N–H and O–H groups in total. The molecule has 0 spiro atoms. The highest BCUT2D eigenvalue weighted by Gasteiger charge is 2.29. The Balaban J connectivity index is 2.80. The van der Waals surface area contributed by atoms with E-state index in [0.29, 0.717) is 0 Å². The molecule has 0 unspecified atom stereocenters. The van der Waals surface area contributed by atoms with Crippen molar-refractivity contribution < 1.29 is 4.48 Å². The zero-order valence-electron chi connectivity index (χ0n) is 25.3. The van der Waals surface area contributed by atoms with E-state index in [2.05, 4.69) is 60.6 Å². The summed E-state index contributed by atoms with van der Waals surface area (Å²) in [6, 6.07) is 4.83. The van der Waals surface area contributed by atoms with Crippen molar-refractivity contribution in [2.45, 2.75) is 158 Å². The third-order valence-corrected chi connectivity index (χ3v) is 8.06. The first-order valence-electron chi connectivity index (χ1n) is 15.8. The molecule has 1 aromatic rings. The van der Waals surface area contributed by atoms with E-state index in [4.69, 9.17) is 0 Å². The summed E-state index contributed by atoms with van der Waals surface area (Å²) < 4.78 is 1.31. The first-order valence-corrected chi connectivity index (χ1v) is 15.8. The number of hydrogen-bond donors (Lipinski definition) is 0. The van der Waals surface area contributed by atoms with Crippen LogP contribution in [-0.2, 0) is 6.54 Å². The largest absolute Gasteiger partial charge is 0.320 e. The maximum absolute atomic E-state index is 2.45. The lowest BCUT2D eigenvalue weighted by Crippen LogP contribution is -2.51. The fourth-order valence-electron chi connectivity index (χ4n) is 6.25. The molecule has 0 aliphatic rings. The molecule has 0 aliphatic carbocycles. The van der Waals surface area contributed by atoms with Crippen molar-refractivity contribution in [3.8, 4) is 0 Å². The Labute approximate surface area is 222 Å². The van der Waals surface area contributed by atoms with Crippen LogP contribution in [0.2, 0.25) is 0 Å². The Bertz CT molecular complexity index is 601. The van der Waals surface area contributed by atoms with Crippen molar-refractivity contribution >= 4 is 0 Å². The van der Waals surface area contributed by atoms with Crippen molar-refractivity contribution in [2.75, 3.05) is 19.6 Å². The monoisotopic (exact) mass is 487 g/mol. The van der Waals surface area contributed by atoms with Gasteiger partial charge in [-0.15, -0.1) is 0 Å². The molecular formula is C34H64N+. The topological polar surface area (TPSA) is 0 Å². The van der Waals surface area contributed by atoms with Crippen LogP contribution in [0.15, 0.2) is 12.1 Å². The van der Waals surface area contributed by atoms with Crippen LogP contribution in [0.25, 0.3) is 0 Å². The Morgan fingerprint density at radius 3 is 1.31 bits per heavy atom. The predicted molar refractivity (Wildman–Crippen MR) is 159 cm³/mol. The molecular weight excluding hydrogens is 422 g/mol. The molecule has 0 amide bonds. The average molecular weight is 487 g/mol. The Hall–Kier alpha value is -0.820. The molecule has 0 bridgehead atoms. The number of rotatable bonds is 22. The van der Waals surface area contributed by atoms with Crippen LogP contribution in [0.3, 0.4) is 0 Å². The van der Waals surface area contributed by atoms with Crippen LogP contribution in [0.1, 0.15) is 153 Å². The highest BCUT2D eigenvalue weighted by atomic mass is 15.3. The first-order chi connectivity index (χ1) is 16.8. The molecule has 0 radical (unpaired) electrons. The molecule has 0 aliphatic heterocycles. The minimum atomic E-state index is 0.754. The van der Waals surface area contributed by atoms with Crippen LogP contribution in [0, 0.1) is 26.7 Å². The van der Waals surface area contributed by atoms with E-state index < -0.39 is 0 Å². The van der Waals surface area contributed by atoms with Gasteiger partial charge in [0.1, 0.15) is 6.54 Å². The second-order valence-corrected chi connectivity index (χ2v) is 12.4. The predicted octanol–water partition coefficient (Wildman–Crippen LogP) is 10.9. The summed E-state index contributed by atoms with van der Waals surface area (Å²) in [7, 11) is 0. The maximum atomic E-state index is 2.45. The van der Waals surface area contributed by atoms with E-state index in [1.54, 1.807) is 5.56 Å². The third-order valence-electron chi connectivity index (χ3n) is 8.06. The molecule has 0 saturated heterocycles. The van der Waals surface area contributed by atoms with Gasteiger partial charge in [0.15, 0.2) is 0 Å². The van der Waals surface area contributed by atoms with E-state index in [-0.39, 0.29) is 0 Å². The van der Waals surface area contributed by atoms with E-state index in [1.165, 1.54) is 150 Å². The number of unbranched alkanes of at least 4 members (excludes halogenated alkanes) is 14. The summed E-state index contributed by atoms with van der Waals surface area (Å²) in [5.41, 5.74) is 6.08. The summed E-state index contributed by atoms with van der Waals surface area (Å²) in [5.74, 6) is 0.754. The van der Waals surface area contributed by atoms with Crippen LogP contribution in [0.5, 0.6) is 0 Å². The Kier molecular flexibility index (Phi) is 17.8. The van der Waals surface area contributed by atoms with Gasteiger partial charge in [-0.3, -0.25) is 0 Å². The van der Waals surface area contributed by atoms with E-state index in [9.17, 15) is 0 Å². The minimum absolute atomic E-state index is 0.754. The van der Waals surface area contributed by atoms with Gasteiger partial charge >= 0.3 is 0 Å². The van der Waals surface area contributed by atoms with Gasteiger partial charge in [-0.25, -0.2) is 0 Å².